The largest absolute Gasteiger partial charge is 0.457 e. The molecule has 3 nitrogen and oxygen atoms in total. The van der Waals surface area contributed by atoms with E-state index in [-0.39, 0.29) is 5.78 Å². The third kappa shape index (κ3) is 2.54. The zero-order chi connectivity index (χ0) is 13.9. The highest BCUT2D eigenvalue weighted by molar-refractivity contribution is 5.94. The lowest BCUT2D eigenvalue weighted by Crippen LogP contribution is -2.13. The lowest BCUT2D eigenvalue weighted by atomic mass is 9.80. The third-order valence-electron chi connectivity index (χ3n) is 4.06. The van der Waals surface area contributed by atoms with E-state index < -0.39 is 0 Å². The predicted octanol–water partition coefficient (Wildman–Crippen LogP) is 3.43. The quantitative estimate of drug-likeness (QED) is 0.865. The first-order valence-corrected chi connectivity index (χ1v) is 7.17. The molecule has 3 rings (SSSR count). The van der Waals surface area contributed by atoms with Crippen molar-refractivity contribution in [3.05, 3.63) is 59.0 Å². The number of rotatable bonds is 4. The van der Waals surface area contributed by atoms with Crippen LogP contribution in [0.2, 0.25) is 0 Å². The second-order valence-corrected chi connectivity index (χ2v) is 5.39. The van der Waals surface area contributed by atoms with Crippen molar-refractivity contribution in [2.45, 2.75) is 38.1 Å². The molecule has 104 valence electrons. The molecule has 1 heterocycles. The molecule has 2 N–H and O–H groups in total. The van der Waals surface area contributed by atoms with Gasteiger partial charge < -0.3 is 10.2 Å². The lowest BCUT2D eigenvalue weighted by molar-refractivity contribution is 0.0942. The minimum Gasteiger partial charge on any atom is -0.457 e. The molecule has 0 saturated heterocycles. The van der Waals surface area contributed by atoms with Crippen LogP contribution in [0.4, 0.5) is 0 Å². The van der Waals surface area contributed by atoms with Gasteiger partial charge in [-0.25, -0.2) is 0 Å². The van der Waals surface area contributed by atoms with E-state index in [0.29, 0.717) is 30.4 Å². The van der Waals surface area contributed by atoms with Gasteiger partial charge in [0.25, 0.3) is 0 Å². The van der Waals surface area contributed by atoms with Gasteiger partial charge in [0, 0.05) is 6.42 Å². The summed E-state index contributed by atoms with van der Waals surface area (Å²) < 4.78 is 5.45. The van der Waals surface area contributed by atoms with Gasteiger partial charge in [0.05, 0.1) is 6.54 Å². The number of furan rings is 1. The highest BCUT2D eigenvalue weighted by atomic mass is 16.3. The molecule has 3 heteroatoms. The van der Waals surface area contributed by atoms with Crippen molar-refractivity contribution in [1.29, 1.82) is 0 Å². The Kier molecular flexibility index (Phi) is 3.70. The van der Waals surface area contributed by atoms with E-state index in [0.717, 1.165) is 19.3 Å². The van der Waals surface area contributed by atoms with Gasteiger partial charge in [-0.1, -0.05) is 24.3 Å². The smallest absolute Gasteiger partial charge is 0.198 e. The Labute approximate surface area is 118 Å². The van der Waals surface area contributed by atoms with Crippen LogP contribution >= 0.6 is 0 Å². The van der Waals surface area contributed by atoms with E-state index in [1.807, 2.05) is 0 Å². The second-order valence-electron chi connectivity index (χ2n) is 5.39. The van der Waals surface area contributed by atoms with Gasteiger partial charge in [0.15, 0.2) is 11.5 Å². The van der Waals surface area contributed by atoms with Crippen LogP contribution in [0, 0.1) is 0 Å². The van der Waals surface area contributed by atoms with E-state index in [1.54, 1.807) is 12.1 Å². The molecule has 0 saturated carbocycles. The minimum atomic E-state index is 0.0754. The molecule has 0 amide bonds. The maximum atomic E-state index is 12.3. The molecule has 0 fully saturated rings. The summed E-state index contributed by atoms with van der Waals surface area (Å²) in [6, 6.07) is 12.0. The first-order valence-electron chi connectivity index (χ1n) is 7.17. The number of carbonyl (C=O) groups is 1. The molecule has 20 heavy (non-hydrogen) atoms. The summed E-state index contributed by atoms with van der Waals surface area (Å²) in [6.07, 6.45) is 3.88. The Morgan fingerprint density at radius 3 is 2.90 bits per heavy atom. The molecule has 2 aromatic rings. The molecule has 1 aromatic carbocycles. The van der Waals surface area contributed by atoms with E-state index in [9.17, 15) is 4.79 Å². The van der Waals surface area contributed by atoms with Gasteiger partial charge in [0.2, 0.25) is 0 Å². The Morgan fingerprint density at radius 1 is 1.25 bits per heavy atom. The minimum absolute atomic E-state index is 0.0754. The van der Waals surface area contributed by atoms with Crippen LogP contribution < -0.4 is 5.73 Å². The number of carbonyl (C=O) groups excluding carboxylic acids is 1. The molecule has 0 spiro atoms. The summed E-state index contributed by atoms with van der Waals surface area (Å²) >= 11 is 0. The molecule has 0 bridgehead atoms. The highest BCUT2D eigenvalue weighted by Crippen LogP contribution is 2.34. The Bertz CT molecular complexity index is 615. The van der Waals surface area contributed by atoms with Crippen molar-refractivity contribution >= 4 is 5.78 Å². The summed E-state index contributed by atoms with van der Waals surface area (Å²) in [5, 5.41) is 0. The zero-order valence-corrected chi connectivity index (χ0v) is 11.5. The van der Waals surface area contributed by atoms with Crippen molar-refractivity contribution in [1.82, 2.24) is 0 Å². The number of fused-ring (bicyclic) bond motifs is 1. The molecule has 1 atom stereocenters. The lowest BCUT2D eigenvalue weighted by Gasteiger charge is -2.24. The summed E-state index contributed by atoms with van der Waals surface area (Å²) in [7, 11) is 0. The van der Waals surface area contributed by atoms with E-state index >= 15 is 0 Å². The van der Waals surface area contributed by atoms with Crippen LogP contribution in [-0.2, 0) is 13.0 Å². The fourth-order valence-electron chi connectivity index (χ4n) is 3.03. The predicted molar refractivity (Wildman–Crippen MR) is 77.7 cm³/mol. The van der Waals surface area contributed by atoms with Gasteiger partial charge >= 0.3 is 0 Å². The monoisotopic (exact) mass is 269 g/mol. The summed E-state index contributed by atoms with van der Waals surface area (Å²) in [5.74, 6) is 1.50. The molecule has 1 aliphatic rings. The molecule has 1 aliphatic carbocycles. The van der Waals surface area contributed by atoms with E-state index in [1.165, 1.54) is 11.1 Å². The fourth-order valence-corrected chi connectivity index (χ4v) is 3.03. The number of aryl methyl sites for hydroxylation is 1. The number of benzene rings is 1. The van der Waals surface area contributed by atoms with E-state index in [4.69, 9.17) is 10.2 Å². The van der Waals surface area contributed by atoms with Crippen molar-refractivity contribution < 1.29 is 9.21 Å². The number of nitrogens with two attached hydrogens (primary N) is 1. The van der Waals surface area contributed by atoms with Gasteiger partial charge in [-0.3, -0.25) is 4.79 Å². The molecule has 0 radical (unpaired) electrons. The van der Waals surface area contributed by atoms with Crippen molar-refractivity contribution in [2.75, 3.05) is 0 Å². The maximum absolute atomic E-state index is 12.3. The summed E-state index contributed by atoms with van der Waals surface area (Å²) in [6.45, 7) is 0.333. The fraction of sp³-hybridized carbons (Fsp3) is 0.353. The first-order chi connectivity index (χ1) is 9.78. The number of ketones is 1. The molecular weight excluding hydrogens is 250 g/mol. The van der Waals surface area contributed by atoms with Crippen molar-refractivity contribution in [3.63, 3.8) is 0 Å². The SMILES string of the molecule is NCc1ccc(C(=O)CC2CCCc3ccccc32)o1. The zero-order valence-electron chi connectivity index (χ0n) is 11.5. The molecular formula is C17H19NO2. The van der Waals surface area contributed by atoms with Gasteiger partial charge in [-0.15, -0.1) is 0 Å². The Morgan fingerprint density at radius 2 is 2.10 bits per heavy atom. The Balaban J connectivity index is 1.77. The standard InChI is InChI=1S/C17H19NO2/c18-11-14-8-9-17(20-14)16(19)10-13-6-3-5-12-4-1-2-7-15(12)13/h1-2,4,7-9,13H,3,5-6,10-11,18H2. The molecule has 1 unspecified atom stereocenters. The second kappa shape index (κ2) is 5.63. The van der Waals surface area contributed by atoms with Crippen LogP contribution in [0.15, 0.2) is 40.8 Å². The molecule has 0 aliphatic heterocycles. The third-order valence-corrected chi connectivity index (χ3v) is 4.06. The van der Waals surface area contributed by atoms with Gasteiger partial charge in [-0.2, -0.15) is 0 Å². The molecule has 1 aromatic heterocycles. The Hall–Kier alpha value is -1.87. The maximum Gasteiger partial charge on any atom is 0.198 e. The van der Waals surface area contributed by atoms with Crippen LogP contribution in [0.3, 0.4) is 0 Å². The van der Waals surface area contributed by atoms with Crippen LogP contribution in [0.25, 0.3) is 0 Å². The highest BCUT2D eigenvalue weighted by Gasteiger charge is 2.24. The summed E-state index contributed by atoms with van der Waals surface area (Å²) in [5.41, 5.74) is 8.22. The first kappa shape index (κ1) is 13.1. The van der Waals surface area contributed by atoms with Crippen LogP contribution in [0.5, 0.6) is 0 Å². The average Bonchev–Trinajstić information content (AvgIpc) is 2.97. The van der Waals surface area contributed by atoms with Crippen molar-refractivity contribution in [2.24, 2.45) is 5.73 Å². The summed E-state index contributed by atoms with van der Waals surface area (Å²) in [4.78, 5) is 12.3. The van der Waals surface area contributed by atoms with Crippen molar-refractivity contribution in [3.8, 4) is 0 Å². The van der Waals surface area contributed by atoms with Gasteiger partial charge in [0.1, 0.15) is 5.76 Å². The van der Waals surface area contributed by atoms with Crippen LogP contribution in [-0.4, -0.2) is 5.78 Å². The van der Waals surface area contributed by atoms with Gasteiger partial charge in [-0.05, 0) is 48.4 Å². The van der Waals surface area contributed by atoms with E-state index in [2.05, 4.69) is 24.3 Å². The number of Topliss-reactive ketones (excluding diaryl/α,β-unsaturated/α-hetero) is 1. The number of hydrogen-bond donors (Lipinski definition) is 1. The normalized spacial score (nSPS) is 17.8. The van der Waals surface area contributed by atoms with Crippen LogP contribution in [0.1, 0.15) is 52.6 Å². The number of hydrogen-bond acceptors (Lipinski definition) is 3. The average molecular weight is 269 g/mol. The topological polar surface area (TPSA) is 56.2 Å².